The van der Waals surface area contributed by atoms with Crippen LogP contribution in [-0.2, 0) is 0 Å². The second-order valence-electron chi connectivity index (χ2n) is 1.47. The first-order valence-electron chi connectivity index (χ1n) is 2.44. The summed E-state index contributed by atoms with van der Waals surface area (Å²) in [6.45, 7) is 0. The molecule has 0 aliphatic rings. The lowest BCUT2D eigenvalue weighted by molar-refractivity contribution is 0.307. The third-order valence-electron chi connectivity index (χ3n) is 0.888. The Morgan fingerprint density at radius 3 is 3.20 bits per heavy atom. The van der Waals surface area contributed by atoms with Gasteiger partial charge in [-0.05, 0) is 21.8 Å². The van der Waals surface area contributed by atoms with Gasteiger partial charge in [-0.2, -0.15) is 4.37 Å². The van der Waals surface area contributed by atoms with E-state index in [2.05, 4.69) is 30.5 Å². The van der Waals surface area contributed by atoms with Crippen LogP contribution in [-0.4, -0.2) is 19.7 Å². The summed E-state index contributed by atoms with van der Waals surface area (Å²) in [6, 6.07) is 0. The summed E-state index contributed by atoms with van der Waals surface area (Å²) in [5.41, 5.74) is 0.502. The molecular weight excluding hydrogens is 152 g/mol. The van der Waals surface area contributed by atoms with E-state index in [1.165, 1.54) is 17.9 Å². The third-order valence-corrected chi connectivity index (χ3v) is 1.56. The van der Waals surface area contributed by atoms with Gasteiger partial charge >= 0.3 is 0 Å². The van der Waals surface area contributed by atoms with E-state index in [0.29, 0.717) is 10.7 Å². The van der Waals surface area contributed by atoms with Crippen LogP contribution in [0.15, 0.2) is 11.0 Å². The molecule has 0 aliphatic carbocycles. The maximum Gasteiger partial charge on any atom is 0.175 e. The largest absolute Gasteiger partial charge is 0.243 e. The number of hydrogen-bond donors (Lipinski definition) is 0. The minimum Gasteiger partial charge on any atom is -0.243 e. The molecule has 0 unspecified atom stereocenters. The van der Waals surface area contributed by atoms with E-state index < -0.39 is 0 Å². The van der Waals surface area contributed by atoms with E-state index in [0.717, 1.165) is 0 Å². The zero-order valence-corrected chi connectivity index (χ0v) is 5.50. The highest BCUT2D eigenvalue weighted by Gasteiger charge is 2.04. The molecule has 0 bridgehead atoms. The van der Waals surface area contributed by atoms with Crippen molar-refractivity contribution in [2.45, 2.75) is 0 Å². The van der Waals surface area contributed by atoms with E-state index in [4.69, 9.17) is 0 Å². The predicted octanol–water partition coefficient (Wildman–Crippen LogP) is 0.388. The molecule has 0 atom stereocenters. The van der Waals surface area contributed by atoms with Crippen molar-refractivity contribution >= 4 is 11.5 Å². The summed E-state index contributed by atoms with van der Waals surface area (Å²) in [6.07, 6.45) is 3.97. The molecule has 0 spiro atoms. The molecule has 2 aromatic rings. The monoisotopic (exact) mass is 153 g/mol. The lowest BCUT2D eigenvalue weighted by atomic mass is 10.5. The molecule has 0 saturated carbocycles. The zero-order chi connectivity index (χ0) is 6.81. The van der Waals surface area contributed by atoms with Crippen molar-refractivity contribution in [1.82, 2.24) is 19.7 Å². The van der Waals surface area contributed by atoms with Crippen LogP contribution in [0.2, 0.25) is 0 Å². The summed E-state index contributed by atoms with van der Waals surface area (Å²) in [5.74, 6) is 0. The van der Waals surface area contributed by atoms with Gasteiger partial charge in [0, 0.05) is 0 Å². The van der Waals surface area contributed by atoms with Gasteiger partial charge < -0.3 is 0 Å². The van der Waals surface area contributed by atoms with Gasteiger partial charge in [0.15, 0.2) is 16.9 Å². The van der Waals surface area contributed by atoms with Gasteiger partial charge in [0.1, 0.15) is 6.33 Å². The average Bonchev–Trinajstić information content (AvgIpc) is 2.59. The zero-order valence-electron chi connectivity index (χ0n) is 4.68. The standard InChI is InChI=1S/C4HN4OS/c1-3(8-9-6-1)4-5-2-7-10-4/h2H. The second-order valence-corrected chi connectivity index (χ2v) is 2.25. The lowest BCUT2D eigenvalue weighted by Crippen LogP contribution is -1.71. The third kappa shape index (κ3) is 0.781. The fraction of sp³-hybridized carbons (Fsp3) is 0. The summed E-state index contributed by atoms with van der Waals surface area (Å²) < 4.78 is 8.10. The molecule has 10 heavy (non-hydrogen) atoms. The van der Waals surface area contributed by atoms with Crippen LogP contribution in [0.4, 0.5) is 0 Å². The Morgan fingerprint density at radius 1 is 1.60 bits per heavy atom. The highest BCUT2D eigenvalue weighted by atomic mass is 32.1. The molecule has 49 valence electrons. The van der Waals surface area contributed by atoms with Gasteiger partial charge in [-0.3, -0.25) is 0 Å². The molecule has 0 aromatic carbocycles. The van der Waals surface area contributed by atoms with Crippen molar-refractivity contribution in [1.29, 1.82) is 0 Å². The van der Waals surface area contributed by atoms with Crippen molar-refractivity contribution in [3.63, 3.8) is 0 Å². The molecule has 0 amide bonds. The Kier molecular flexibility index (Phi) is 1.17. The van der Waals surface area contributed by atoms with Crippen LogP contribution in [0.1, 0.15) is 0 Å². The van der Waals surface area contributed by atoms with Crippen LogP contribution in [0.3, 0.4) is 0 Å². The quantitative estimate of drug-likeness (QED) is 0.592. The van der Waals surface area contributed by atoms with Gasteiger partial charge in [-0.15, -0.1) is 0 Å². The van der Waals surface area contributed by atoms with E-state index in [-0.39, 0.29) is 0 Å². The number of rotatable bonds is 1. The van der Waals surface area contributed by atoms with E-state index >= 15 is 0 Å². The highest BCUT2D eigenvalue weighted by molar-refractivity contribution is 7.08. The summed E-state index contributed by atoms with van der Waals surface area (Å²) >= 11 is 1.23. The molecule has 2 aromatic heterocycles. The Hall–Kier alpha value is -1.30. The van der Waals surface area contributed by atoms with Crippen molar-refractivity contribution in [2.75, 3.05) is 0 Å². The molecule has 2 heterocycles. The minimum atomic E-state index is 0.502. The van der Waals surface area contributed by atoms with Gasteiger partial charge in [-0.1, -0.05) is 0 Å². The van der Waals surface area contributed by atoms with E-state index in [1.54, 1.807) is 0 Å². The molecular formula is C4HN4OS. The molecule has 6 heteroatoms. The van der Waals surface area contributed by atoms with Crippen molar-refractivity contribution in [3.8, 4) is 10.7 Å². The number of hydrogen-bond acceptors (Lipinski definition) is 6. The first kappa shape index (κ1) is 5.48. The Labute approximate surface area is 59.8 Å². The molecule has 0 N–H and O–H groups in total. The van der Waals surface area contributed by atoms with Crippen molar-refractivity contribution < 1.29 is 4.63 Å². The van der Waals surface area contributed by atoms with Gasteiger partial charge in [0.05, 0.1) is 0 Å². The van der Waals surface area contributed by atoms with Crippen LogP contribution >= 0.6 is 11.5 Å². The van der Waals surface area contributed by atoms with Crippen molar-refractivity contribution in [2.24, 2.45) is 0 Å². The van der Waals surface area contributed by atoms with Crippen LogP contribution in [0.25, 0.3) is 10.7 Å². The average molecular weight is 153 g/mol. The highest BCUT2D eigenvalue weighted by Crippen LogP contribution is 2.14. The molecule has 5 nitrogen and oxygen atoms in total. The first-order chi connectivity index (χ1) is 4.97. The van der Waals surface area contributed by atoms with Gasteiger partial charge in [0.2, 0.25) is 0 Å². The Bertz CT molecular complexity index is 257. The summed E-state index contributed by atoms with van der Waals surface area (Å²) in [7, 11) is 0. The fourth-order valence-corrected chi connectivity index (χ4v) is 0.967. The number of aromatic nitrogens is 4. The molecule has 0 aliphatic heterocycles. The summed E-state index contributed by atoms with van der Waals surface area (Å²) in [5, 5.41) is 7.50. The first-order valence-corrected chi connectivity index (χ1v) is 3.21. The predicted molar refractivity (Wildman–Crippen MR) is 32.0 cm³/mol. The molecule has 0 fully saturated rings. The lowest BCUT2D eigenvalue weighted by Gasteiger charge is -1.75. The number of nitrogens with zero attached hydrogens (tertiary/aromatic N) is 4. The van der Waals surface area contributed by atoms with Crippen LogP contribution in [0.5, 0.6) is 0 Å². The molecule has 2 rings (SSSR count). The fourth-order valence-electron chi connectivity index (χ4n) is 0.510. The molecule has 0 saturated heterocycles. The maximum absolute atomic E-state index is 4.32. The van der Waals surface area contributed by atoms with Gasteiger partial charge in [0.25, 0.3) is 0 Å². The van der Waals surface area contributed by atoms with Crippen molar-refractivity contribution in [3.05, 3.63) is 12.5 Å². The topological polar surface area (TPSA) is 64.7 Å². The molecule has 1 radical (unpaired) electrons. The van der Waals surface area contributed by atoms with Crippen LogP contribution < -0.4 is 0 Å². The summed E-state index contributed by atoms with van der Waals surface area (Å²) in [4.78, 5) is 3.87. The normalized spacial score (nSPS) is 10.0. The van der Waals surface area contributed by atoms with Crippen LogP contribution in [0, 0.1) is 6.20 Å². The second kappa shape index (κ2) is 2.14. The SMILES string of the molecule is [c]1nonc1-c1ncns1. The maximum atomic E-state index is 4.32. The minimum absolute atomic E-state index is 0.502. The van der Waals surface area contributed by atoms with Gasteiger partial charge in [-0.25, -0.2) is 9.61 Å². The Morgan fingerprint density at radius 2 is 2.60 bits per heavy atom. The van der Waals surface area contributed by atoms with E-state index in [9.17, 15) is 0 Å². The Balaban J connectivity index is 2.48. The van der Waals surface area contributed by atoms with E-state index in [1.807, 2.05) is 0 Å². The smallest absolute Gasteiger partial charge is 0.175 e.